The van der Waals surface area contributed by atoms with Gasteiger partial charge in [0.15, 0.2) is 0 Å². The lowest BCUT2D eigenvalue weighted by atomic mass is 10.1. The zero-order chi connectivity index (χ0) is 23.2. The third-order valence-corrected chi connectivity index (χ3v) is 7.05. The lowest BCUT2D eigenvalue weighted by Gasteiger charge is -2.31. The van der Waals surface area contributed by atoms with Gasteiger partial charge in [-0.25, -0.2) is 0 Å². The summed E-state index contributed by atoms with van der Waals surface area (Å²) in [5.74, 6) is -0.0219. The van der Waals surface area contributed by atoms with Crippen molar-refractivity contribution in [3.8, 4) is 0 Å². The third kappa shape index (κ3) is 6.25. The molecule has 0 aromatic heterocycles. The molecule has 2 aliphatic rings. The van der Waals surface area contributed by atoms with Crippen molar-refractivity contribution in [1.29, 1.82) is 0 Å². The highest BCUT2D eigenvalue weighted by molar-refractivity contribution is 9.10. The molecule has 1 amide bonds. The lowest BCUT2D eigenvalue weighted by Crippen LogP contribution is -2.36. The molecule has 1 saturated heterocycles. The van der Waals surface area contributed by atoms with Crippen LogP contribution in [0.5, 0.6) is 0 Å². The van der Waals surface area contributed by atoms with Crippen molar-refractivity contribution in [2.45, 2.75) is 45.2 Å². The van der Waals surface area contributed by atoms with E-state index in [0.717, 1.165) is 79.8 Å². The van der Waals surface area contributed by atoms with E-state index in [4.69, 9.17) is 4.74 Å². The molecule has 0 unspecified atom stereocenters. The van der Waals surface area contributed by atoms with Gasteiger partial charge in [0, 0.05) is 60.3 Å². The Morgan fingerprint density at radius 1 is 1.18 bits per heavy atom. The molecule has 6 heteroatoms. The molecule has 0 atom stereocenters. The Labute approximate surface area is 205 Å². The number of rotatable bonds is 7. The van der Waals surface area contributed by atoms with Crippen molar-refractivity contribution >= 4 is 39.3 Å². The molecule has 4 rings (SSSR count). The number of halogens is 1. The maximum absolute atomic E-state index is 13.1. The van der Waals surface area contributed by atoms with E-state index in [-0.39, 0.29) is 5.91 Å². The Morgan fingerprint density at radius 3 is 2.67 bits per heavy atom. The van der Waals surface area contributed by atoms with E-state index in [2.05, 4.69) is 75.3 Å². The number of ether oxygens (including phenoxy) is 1. The van der Waals surface area contributed by atoms with Gasteiger partial charge in [0.1, 0.15) is 0 Å². The van der Waals surface area contributed by atoms with Gasteiger partial charge in [0.25, 0.3) is 5.91 Å². The molecule has 0 saturated carbocycles. The molecule has 2 aliphatic heterocycles. The summed E-state index contributed by atoms with van der Waals surface area (Å²) in [7, 11) is 2.18. The lowest BCUT2D eigenvalue weighted by molar-refractivity contribution is -0.112. The molecule has 0 spiro atoms. The highest BCUT2D eigenvalue weighted by Gasteiger charge is 2.20. The Bertz CT molecular complexity index is 983. The zero-order valence-corrected chi connectivity index (χ0v) is 21.2. The Hall–Kier alpha value is -2.15. The summed E-state index contributed by atoms with van der Waals surface area (Å²) in [4.78, 5) is 17.9. The standard InChI is InChI=1S/C27H34BrN3O2/c1-3-13-31-14-10-21(17-22-18-23(28)6-9-26(22)31)27(32)29-24-7-4-20(5-8-24)19-30(2)25-11-15-33-16-12-25/h4-9,17-18,25H,3,10-16,19H2,1-2H3,(H,29,32). The van der Waals surface area contributed by atoms with Crippen LogP contribution in [0.15, 0.2) is 52.5 Å². The number of nitrogens with zero attached hydrogens (tertiary/aromatic N) is 2. The van der Waals surface area contributed by atoms with E-state index in [1.807, 2.05) is 18.2 Å². The molecule has 1 N–H and O–H groups in total. The van der Waals surface area contributed by atoms with Crippen LogP contribution < -0.4 is 10.2 Å². The van der Waals surface area contributed by atoms with Crippen molar-refractivity contribution < 1.29 is 9.53 Å². The molecule has 0 radical (unpaired) electrons. The van der Waals surface area contributed by atoms with Gasteiger partial charge in [-0.15, -0.1) is 0 Å². The van der Waals surface area contributed by atoms with Crippen molar-refractivity contribution in [3.63, 3.8) is 0 Å². The van der Waals surface area contributed by atoms with Crippen LogP contribution in [0.4, 0.5) is 11.4 Å². The van der Waals surface area contributed by atoms with E-state index in [9.17, 15) is 4.79 Å². The second kappa shape index (κ2) is 11.3. The number of fused-ring (bicyclic) bond motifs is 1. The van der Waals surface area contributed by atoms with E-state index in [0.29, 0.717) is 6.04 Å². The topological polar surface area (TPSA) is 44.8 Å². The molecule has 176 valence electrons. The molecule has 1 fully saturated rings. The number of amides is 1. The van der Waals surface area contributed by atoms with E-state index < -0.39 is 0 Å². The van der Waals surface area contributed by atoms with Crippen molar-refractivity contribution in [2.24, 2.45) is 0 Å². The van der Waals surface area contributed by atoms with Gasteiger partial charge >= 0.3 is 0 Å². The fraction of sp³-hybridized carbons (Fsp3) is 0.444. The van der Waals surface area contributed by atoms with Crippen molar-refractivity contribution in [2.75, 3.05) is 43.6 Å². The molecule has 2 heterocycles. The second-order valence-corrected chi connectivity index (χ2v) is 9.94. The van der Waals surface area contributed by atoms with E-state index in [1.165, 1.54) is 11.3 Å². The average molecular weight is 512 g/mol. The summed E-state index contributed by atoms with van der Waals surface area (Å²) in [5, 5.41) is 3.11. The van der Waals surface area contributed by atoms with Gasteiger partial charge in [-0.1, -0.05) is 35.0 Å². The second-order valence-electron chi connectivity index (χ2n) is 9.02. The molecule has 33 heavy (non-hydrogen) atoms. The number of hydrogen-bond acceptors (Lipinski definition) is 4. The quantitative estimate of drug-likeness (QED) is 0.517. The number of carbonyl (C=O) groups is 1. The maximum Gasteiger partial charge on any atom is 0.251 e. The van der Waals surface area contributed by atoms with Crippen LogP contribution in [0.3, 0.4) is 0 Å². The van der Waals surface area contributed by atoms with Crippen LogP contribution in [-0.2, 0) is 16.1 Å². The number of hydrogen-bond donors (Lipinski definition) is 1. The van der Waals surface area contributed by atoms with Crippen LogP contribution in [-0.4, -0.2) is 50.2 Å². The minimum atomic E-state index is -0.0219. The summed E-state index contributed by atoms with van der Waals surface area (Å²) in [5.41, 5.74) is 5.19. The number of nitrogens with one attached hydrogen (secondary N) is 1. The van der Waals surface area contributed by atoms with E-state index >= 15 is 0 Å². The SMILES string of the molecule is CCCN1CCC(C(=O)Nc2ccc(CN(C)C3CCOCC3)cc2)=Cc2cc(Br)ccc21. The van der Waals surface area contributed by atoms with Crippen LogP contribution in [0, 0.1) is 0 Å². The van der Waals surface area contributed by atoms with Gasteiger partial charge < -0.3 is 15.0 Å². The monoisotopic (exact) mass is 511 g/mol. The minimum Gasteiger partial charge on any atom is -0.381 e. The number of carbonyl (C=O) groups excluding carboxylic acids is 1. The average Bonchev–Trinajstić information content (AvgIpc) is 3.00. The summed E-state index contributed by atoms with van der Waals surface area (Å²) < 4.78 is 6.50. The van der Waals surface area contributed by atoms with E-state index in [1.54, 1.807) is 0 Å². The fourth-order valence-electron chi connectivity index (χ4n) is 4.69. The largest absolute Gasteiger partial charge is 0.381 e. The molecule has 2 aromatic carbocycles. The zero-order valence-electron chi connectivity index (χ0n) is 19.6. The molecule has 2 aromatic rings. The molecule has 0 aliphatic carbocycles. The summed E-state index contributed by atoms with van der Waals surface area (Å²) in [6, 6.07) is 15.1. The Morgan fingerprint density at radius 2 is 1.94 bits per heavy atom. The first-order valence-electron chi connectivity index (χ1n) is 12.0. The summed E-state index contributed by atoms with van der Waals surface area (Å²) >= 11 is 3.58. The summed E-state index contributed by atoms with van der Waals surface area (Å²) in [6.07, 6.45) is 6.03. The van der Waals surface area contributed by atoms with Gasteiger partial charge in [-0.05, 0) is 80.3 Å². The van der Waals surface area contributed by atoms with Crippen LogP contribution in [0.25, 0.3) is 6.08 Å². The first-order valence-corrected chi connectivity index (χ1v) is 12.8. The Kier molecular flexibility index (Phi) is 8.23. The molecular formula is C27H34BrN3O2. The normalized spacial score (nSPS) is 16.8. The van der Waals surface area contributed by atoms with Crippen LogP contribution >= 0.6 is 15.9 Å². The highest BCUT2D eigenvalue weighted by Crippen LogP contribution is 2.31. The van der Waals surface area contributed by atoms with Crippen molar-refractivity contribution in [1.82, 2.24) is 4.90 Å². The third-order valence-electron chi connectivity index (χ3n) is 6.55. The van der Waals surface area contributed by atoms with Crippen LogP contribution in [0.1, 0.15) is 43.7 Å². The Balaban J connectivity index is 1.41. The molecule has 0 bridgehead atoms. The van der Waals surface area contributed by atoms with Crippen molar-refractivity contribution in [3.05, 3.63) is 63.6 Å². The van der Waals surface area contributed by atoms with Crippen LogP contribution in [0.2, 0.25) is 0 Å². The smallest absolute Gasteiger partial charge is 0.251 e. The predicted molar refractivity (Wildman–Crippen MR) is 140 cm³/mol. The number of anilines is 2. The van der Waals surface area contributed by atoms with Gasteiger partial charge in [-0.2, -0.15) is 0 Å². The predicted octanol–water partition coefficient (Wildman–Crippen LogP) is 5.70. The minimum absolute atomic E-state index is 0.0219. The first-order chi connectivity index (χ1) is 16.0. The summed E-state index contributed by atoms with van der Waals surface area (Å²) in [6.45, 7) is 6.64. The van der Waals surface area contributed by atoms with Gasteiger partial charge in [-0.3, -0.25) is 9.69 Å². The maximum atomic E-state index is 13.1. The molecule has 5 nitrogen and oxygen atoms in total. The number of benzene rings is 2. The first kappa shape index (κ1) is 24.0. The van der Waals surface area contributed by atoms with Gasteiger partial charge in [0.2, 0.25) is 0 Å². The molecular weight excluding hydrogens is 478 g/mol. The van der Waals surface area contributed by atoms with Gasteiger partial charge in [0.05, 0.1) is 0 Å². The highest BCUT2D eigenvalue weighted by atomic mass is 79.9. The fourth-order valence-corrected chi connectivity index (χ4v) is 5.07.